The van der Waals surface area contributed by atoms with Crippen molar-refractivity contribution >= 4 is 0 Å². The van der Waals surface area contributed by atoms with Crippen LogP contribution in [-0.2, 0) is 4.74 Å². The first-order valence-corrected chi connectivity index (χ1v) is 3.62. The fourth-order valence-corrected chi connectivity index (χ4v) is 0.623. The van der Waals surface area contributed by atoms with E-state index in [0.29, 0.717) is 13.0 Å². The first-order chi connectivity index (χ1) is 5.56. The van der Waals surface area contributed by atoms with Crippen LogP contribution in [0.25, 0.3) is 0 Å². The molecule has 0 aromatic rings. The third-order valence-corrected chi connectivity index (χ3v) is 1.13. The van der Waals surface area contributed by atoms with Crippen molar-refractivity contribution in [1.82, 2.24) is 0 Å². The van der Waals surface area contributed by atoms with E-state index in [1.807, 2.05) is 0 Å². The fraction of sp³-hybridized carbons (Fsp3) is 0.750. The average Bonchev–Trinajstić information content (AvgIpc) is 1.94. The van der Waals surface area contributed by atoms with Gasteiger partial charge in [0.15, 0.2) is 0 Å². The third kappa shape index (κ3) is 9.31. The average molecular weight is 180 g/mol. The molecule has 0 rings (SSSR count). The van der Waals surface area contributed by atoms with Gasteiger partial charge in [0.2, 0.25) is 0 Å². The van der Waals surface area contributed by atoms with Gasteiger partial charge in [-0.15, -0.1) is 0 Å². The van der Waals surface area contributed by atoms with Gasteiger partial charge in [-0.3, -0.25) is 0 Å². The van der Waals surface area contributed by atoms with Crippen LogP contribution in [0.4, 0.5) is 13.2 Å². The Morgan fingerprint density at radius 1 is 1.25 bits per heavy atom. The molecule has 70 valence electrons. The van der Waals surface area contributed by atoms with Gasteiger partial charge < -0.3 is 4.74 Å². The monoisotopic (exact) mass is 180 g/mol. The molecule has 0 fully saturated rings. The maximum Gasteiger partial charge on any atom is 0.457 e. The number of halogens is 3. The van der Waals surface area contributed by atoms with Gasteiger partial charge in [-0.1, -0.05) is 5.92 Å². The lowest BCUT2D eigenvalue weighted by Gasteiger charge is -1.94. The maximum atomic E-state index is 11.4. The van der Waals surface area contributed by atoms with E-state index in [2.05, 4.69) is 5.92 Å². The molecule has 12 heavy (non-hydrogen) atoms. The van der Waals surface area contributed by atoms with E-state index < -0.39 is 6.18 Å². The van der Waals surface area contributed by atoms with Crippen molar-refractivity contribution < 1.29 is 17.9 Å². The van der Waals surface area contributed by atoms with Crippen LogP contribution in [0.2, 0.25) is 0 Å². The van der Waals surface area contributed by atoms with Crippen LogP contribution >= 0.6 is 0 Å². The van der Waals surface area contributed by atoms with Crippen LogP contribution in [0.1, 0.15) is 19.3 Å². The Labute approximate surface area is 69.9 Å². The summed E-state index contributed by atoms with van der Waals surface area (Å²) in [5.41, 5.74) is 0. The number of ether oxygens (including phenoxy) is 1. The van der Waals surface area contributed by atoms with Crippen LogP contribution in [0, 0.1) is 11.8 Å². The molecule has 0 atom stereocenters. The number of methoxy groups -OCH3 is 1. The van der Waals surface area contributed by atoms with E-state index in [4.69, 9.17) is 4.74 Å². The minimum atomic E-state index is -4.35. The van der Waals surface area contributed by atoms with Crippen molar-refractivity contribution in [3.63, 3.8) is 0 Å². The van der Waals surface area contributed by atoms with Crippen LogP contribution in [0.5, 0.6) is 0 Å². The Balaban J connectivity index is 3.34. The lowest BCUT2D eigenvalue weighted by molar-refractivity contribution is -0.0697. The quantitative estimate of drug-likeness (QED) is 0.476. The van der Waals surface area contributed by atoms with Crippen molar-refractivity contribution in [2.75, 3.05) is 13.7 Å². The van der Waals surface area contributed by atoms with Gasteiger partial charge in [-0.05, 0) is 12.8 Å². The van der Waals surface area contributed by atoms with Crippen LogP contribution < -0.4 is 0 Å². The molecule has 0 amide bonds. The molecule has 0 aliphatic carbocycles. The second-order valence-corrected chi connectivity index (χ2v) is 2.25. The van der Waals surface area contributed by atoms with E-state index in [0.717, 1.165) is 6.42 Å². The molecule has 4 heteroatoms. The minimum Gasteiger partial charge on any atom is -0.385 e. The highest BCUT2D eigenvalue weighted by atomic mass is 19.4. The van der Waals surface area contributed by atoms with Crippen LogP contribution in [0.3, 0.4) is 0 Å². The van der Waals surface area contributed by atoms with E-state index in [9.17, 15) is 13.2 Å². The topological polar surface area (TPSA) is 9.23 Å². The molecule has 0 aromatic heterocycles. The molecule has 1 nitrogen and oxygen atoms in total. The molecule has 0 bridgehead atoms. The molecular formula is C8H11F3O. The Hall–Kier alpha value is -0.690. The summed E-state index contributed by atoms with van der Waals surface area (Å²) in [5, 5.41) is 0. The smallest absolute Gasteiger partial charge is 0.385 e. The maximum absolute atomic E-state index is 11.4. The number of hydrogen-bond donors (Lipinski definition) is 0. The number of alkyl halides is 3. The van der Waals surface area contributed by atoms with Gasteiger partial charge in [0.25, 0.3) is 0 Å². The standard InChI is InChI=1S/C8H11F3O/c1-12-7-5-3-2-4-6-8(9,10)11/h2-3,5,7H2,1H3. The summed E-state index contributed by atoms with van der Waals surface area (Å²) < 4.78 is 39.0. The summed E-state index contributed by atoms with van der Waals surface area (Å²) in [6, 6.07) is 0. The number of unbranched alkanes of at least 4 members (excludes halogenated alkanes) is 2. The molecule has 0 heterocycles. The first kappa shape index (κ1) is 11.3. The molecule has 0 unspecified atom stereocenters. The summed E-state index contributed by atoms with van der Waals surface area (Å²) >= 11 is 0. The van der Waals surface area contributed by atoms with Gasteiger partial charge in [0, 0.05) is 26.1 Å². The van der Waals surface area contributed by atoms with Crippen molar-refractivity contribution in [1.29, 1.82) is 0 Å². The lowest BCUT2D eigenvalue weighted by Crippen LogP contribution is -2.01. The molecule has 0 aliphatic heterocycles. The SMILES string of the molecule is COCCCCC#CC(F)(F)F. The van der Waals surface area contributed by atoms with Gasteiger partial charge in [0.05, 0.1) is 0 Å². The molecule has 0 saturated carbocycles. The predicted molar refractivity (Wildman–Crippen MR) is 39.6 cm³/mol. The third-order valence-electron chi connectivity index (χ3n) is 1.13. The molecule has 0 aliphatic rings. The number of rotatable bonds is 4. The highest BCUT2D eigenvalue weighted by Gasteiger charge is 2.22. The normalized spacial score (nSPS) is 10.7. The minimum absolute atomic E-state index is 0.281. The van der Waals surface area contributed by atoms with Gasteiger partial charge in [-0.25, -0.2) is 0 Å². The lowest BCUT2D eigenvalue weighted by atomic mass is 10.2. The fourth-order valence-electron chi connectivity index (χ4n) is 0.623. The largest absolute Gasteiger partial charge is 0.457 e. The molecule has 0 N–H and O–H groups in total. The summed E-state index contributed by atoms with van der Waals surface area (Å²) in [4.78, 5) is 0. The zero-order valence-electron chi connectivity index (χ0n) is 6.87. The Kier molecular flexibility index (Phi) is 5.56. The van der Waals surface area contributed by atoms with Crippen molar-refractivity contribution in [2.24, 2.45) is 0 Å². The molecule has 0 radical (unpaired) electrons. The van der Waals surface area contributed by atoms with Gasteiger partial charge >= 0.3 is 6.18 Å². The van der Waals surface area contributed by atoms with Crippen LogP contribution in [-0.4, -0.2) is 19.9 Å². The van der Waals surface area contributed by atoms with E-state index in [-0.39, 0.29) is 6.42 Å². The Bertz CT molecular complexity index is 163. The molecular weight excluding hydrogens is 169 g/mol. The second-order valence-electron chi connectivity index (χ2n) is 2.25. The van der Waals surface area contributed by atoms with Crippen molar-refractivity contribution in [2.45, 2.75) is 25.4 Å². The van der Waals surface area contributed by atoms with Gasteiger partial charge in [0.1, 0.15) is 0 Å². The molecule has 0 spiro atoms. The Morgan fingerprint density at radius 2 is 1.92 bits per heavy atom. The summed E-state index contributed by atoms with van der Waals surface area (Å²) in [6.07, 6.45) is -2.66. The van der Waals surface area contributed by atoms with E-state index in [1.54, 1.807) is 7.11 Å². The zero-order chi connectivity index (χ0) is 9.45. The summed E-state index contributed by atoms with van der Waals surface area (Å²) in [7, 11) is 1.56. The summed E-state index contributed by atoms with van der Waals surface area (Å²) in [6.45, 7) is 0.577. The summed E-state index contributed by atoms with van der Waals surface area (Å²) in [5.74, 6) is 3.26. The van der Waals surface area contributed by atoms with Crippen molar-refractivity contribution in [3.8, 4) is 11.8 Å². The van der Waals surface area contributed by atoms with E-state index in [1.165, 1.54) is 5.92 Å². The zero-order valence-corrected chi connectivity index (χ0v) is 6.87. The van der Waals surface area contributed by atoms with Crippen LogP contribution in [0.15, 0.2) is 0 Å². The highest BCUT2D eigenvalue weighted by molar-refractivity contribution is 5.04. The molecule has 0 saturated heterocycles. The predicted octanol–water partition coefficient (Wildman–Crippen LogP) is 2.37. The molecule has 0 aromatic carbocycles. The number of hydrogen-bond acceptors (Lipinski definition) is 1. The second kappa shape index (κ2) is 5.90. The first-order valence-electron chi connectivity index (χ1n) is 3.62. The Morgan fingerprint density at radius 3 is 2.42 bits per heavy atom. The van der Waals surface area contributed by atoms with E-state index >= 15 is 0 Å². The highest BCUT2D eigenvalue weighted by Crippen LogP contribution is 2.12. The van der Waals surface area contributed by atoms with Gasteiger partial charge in [-0.2, -0.15) is 13.2 Å². The van der Waals surface area contributed by atoms with Crippen molar-refractivity contribution in [3.05, 3.63) is 0 Å².